The molecule has 0 aliphatic carbocycles. The normalized spacial score (nSPS) is 18.0. The zero-order valence-corrected chi connectivity index (χ0v) is 15.6. The molecule has 1 aliphatic heterocycles. The standard InChI is InChI=1S/C17H28N4O.BrH/c1-21(14-15-7-3-2-4-8-15)11-6-10-19-17(18)20-13-16-9-5-12-22-16;/h2-4,7-8,16H,5-6,9-14H2,1H3,(H3,18,19,20);1H. The van der Waals surface area contributed by atoms with Crippen molar-refractivity contribution in [3.05, 3.63) is 35.9 Å². The minimum absolute atomic E-state index is 0. The van der Waals surface area contributed by atoms with E-state index < -0.39 is 0 Å². The Morgan fingerprint density at radius 1 is 1.39 bits per heavy atom. The van der Waals surface area contributed by atoms with Gasteiger partial charge in [0.25, 0.3) is 0 Å². The molecule has 0 spiro atoms. The number of hydrogen-bond acceptors (Lipinski definition) is 3. The summed E-state index contributed by atoms with van der Waals surface area (Å²) in [4.78, 5) is 6.65. The van der Waals surface area contributed by atoms with Gasteiger partial charge in [0.1, 0.15) is 0 Å². The van der Waals surface area contributed by atoms with E-state index in [4.69, 9.17) is 10.5 Å². The van der Waals surface area contributed by atoms with Gasteiger partial charge in [-0.2, -0.15) is 0 Å². The number of nitrogens with zero attached hydrogens (tertiary/aromatic N) is 2. The number of guanidine groups is 1. The van der Waals surface area contributed by atoms with E-state index >= 15 is 0 Å². The smallest absolute Gasteiger partial charge is 0.188 e. The fourth-order valence-corrected chi connectivity index (χ4v) is 2.58. The third kappa shape index (κ3) is 8.34. The number of rotatable bonds is 8. The van der Waals surface area contributed by atoms with Crippen LogP contribution in [0, 0.1) is 0 Å². The van der Waals surface area contributed by atoms with Crippen LogP contribution in [0.5, 0.6) is 0 Å². The molecule has 0 aromatic heterocycles. The van der Waals surface area contributed by atoms with Crippen LogP contribution in [-0.2, 0) is 11.3 Å². The van der Waals surface area contributed by atoms with Gasteiger partial charge in [0.05, 0.1) is 12.6 Å². The van der Waals surface area contributed by atoms with Gasteiger partial charge in [0.15, 0.2) is 5.96 Å². The van der Waals surface area contributed by atoms with Crippen molar-refractivity contribution in [1.82, 2.24) is 10.2 Å². The lowest BCUT2D eigenvalue weighted by molar-refractivity contribution is 0.118. The van der Waals surface area contributed by atoms with E-state index in [0.717, 1.165) is 45.5 Å². The molecule has 23 heavy (non-hydrogen) atoms. The molecule has 3 N–H and O–H groups in total. The van der Waals surface area contributed by atoms with Gasteiger partial charge in [-0.25, -0.2) is 0 Å². The van der Waals surface area contributed by atoms with E-state index in [1.807, 2.05) is 6.07 Å². The summed E-state index contributed by atoms with van der Waals surface area (Å²) in [5.74, 6) is 0.529. The second kappa shape index (κ2) is 11.4. The molecule has 5 nitrogen and oxygen atoms in total. The van der Waals surface area contributed by atoms with Crippen LogP contribution in [0.15, 0.2) is 35.3 Å². The maximum atomic E-state index is 5.86. The second-order valence-electron chi connectivity index (χ2n) is 5.86. The number of hydrogen-bond donors (Lipinski definition) is 2. The molecule has 1 aliphatic rings. The van der Waals surface area contributed by atoms with Crippen molar-refractivity contribution in [1.29, 1.82) is 0 Å². The van der Waals surface area contributed by atoms with Crippen LogP contribution in [0.25, 0.3) is 0 Å². The number of benzene rings is 1. The quantitative estimate of drug-likeness (QED) is 0.409. The van der Waals surface area contributed by atoms with Crippen LogP contribution in [0.3, 0.4) is 0 Å². The summed E-state index contributed by atoms with van der Waals surface area (Å²) in [5, 5.41) is 3.17. The Morgan fingerprint density at radius 3 is 2.87 bits per heavy atom. The minimum atomic E-state index is 0. The van der Waals surface area contributed by atoms with Gasteiger partial charge >= 0.3 is 0 Å². The first-order valence-electron chi connectivity index (χ1n) is 8.12. The lowest BCUT2D eigenvalue weighted by Crippen LogP contribution is -2.34. The number of aliphatic imine (C=N–C) groups is 1. The molecule has 1 aromatic rings. The van der Waals surface area contributed by atoms with Crippen molar-refractivity contribution in [3.8, 4) is 0 Å². The Labute approximate surface area is 150 Å². The number of ether oxygens (including phenoxy) is 1. The molecule has 0 amide bonds. The topological polar surface area (TPSA) is 62.9 Å². The van der Waals surface area contributed by atoms with Gasteiger partial charge in [0, 0.05) is 19.7 Å². The fraction of sp³-hybridized carbons (Fsp3) is 0.588. The summed E-state index contributed by atoms with van der Waals surface area (Å²) < 4.78 is 5.52. The summed E-state index contributed by atoms with van der Waals surface area (Å²) in [6.07, 6.45) is 3.54. The van der Waals surface area contributed by atoms with Gasteiger partial charge in [-0.3, -0.25) is 4.99 Å². The molecule has 1 saturated heterocycles. The zero-order chi connectivity index (χ0) is 15.6. The SMILES string of the molecule is Br.CN(CCCNC(N)=NCC1CCCO1)Cc1ccccc1. The van der Waals surface area contributed by atoms with E-state index in [0.29, 0.717) is 12.5 Å². The van der Waals surface area contributed by atoms with E-state index in [1.54, 1.807) is 0 Å². The van der Waals surface area contributed by atoms with Gasteiger partial charge < -0.3 is 20.7 Å². The molecule has 1 unspecified atom stereocenters. The number of halogens is 1. The molecule has 1 heterocycles. The highest BCUT2D eigenvalue weighted by Gasteiger charge is 2.14. The molecular formula is C17H29BrN4O. The van der Waals surface area contributed by atoms with Crippen LogP contribution in [0.1, 0.15) is 24.8 Å². The predicted molar refractivity (Wildman–Crippen MR) is 101 cm³/mol. The second-order valence-corrected chi connectivity index (χ2v) is 5.86. The van der Waals surface area contributed by atoms with Gasteiger partial charge in [0.2, 0.25) is 0 Å². The first kappa shape index (κ1) is 19.9. The molecule has 0 saturated carbocycles. The van der Waals surface area contributed by atoms with E-state index in [9.17, 15) is 0 Å². The van der Waals surface area contributed by atoms with Crippen molar-refractivity contribution < 1.29 is 4.74 Å². The number of nitrogens with one attached hydrogen (secondary N) is 1. The monoisotopic (exact) mass is 384 g/mol. The molecule has 1 fully saturated rings. The van der Waals surface area contributed by atoms with Crippen molar-refractivity contribution in [2.45, 2.75) is 31.9 Å². The van der Waals surface area contributed by atoms with Crippen molar-refractivity contribution in [2.75, 3.05) is 33.3 Å². The molecule has 6 heteroatoms. The summed E-state index contributed by atoms with van der Waals surface area (Å²) in [7, 11) is 2.14. The summed E-state index contributed by atoms with van der Waals surface area (Å²) in [6, 6.07) is 10.5. The van der Waals surface area contributed by atoms with Crippen LogP contribution in [0.4, 0.5) is 0 Å². The lowest BCUT2D eigenvalue weighted by atomic mass is 10.2. The maximum absolute atomic E-state index is 5.86. The minimum Gasteiger partial charge on any atom is -0.376 e. The predicted octanol–water partition coefficient (Wildman–Crippen LogP) is 2.17. The van der Waals surface area contributed by atoms with E-state index in [1.165, 1.54) is 5.56 Å². The Kier molecular flexibility index (Phi) is 9.91. The summed E-state index contributed by atoms with van der Waals surface area (Å²) in [5.41, 5.74) is 7.21. The zero-order valence-electron chi connectivity index (χ0n) is 13.9. The average Bonchev–Trinajstić information content (AvgIpc) is 3.04. The third-order valence-corrected chi connectivity index (χ3v) is 3.81. The Bertz CT molecular complexity index is 449. The molecule has 1 atom stereocenters. The maximum Gasteiger partial charge on any atom is 0.188 e. The largest absolute Gasteiger partial charge is 0.376 e. The van der Waals surface area contributed by atoms with Crippen LogP contribution < -0.4 is 11.1 Å². The van der Waals surface area contributed by atoms with Crippen molar-refractivity contribution in [3.63, 3.8) is 0 Å². The van der Waals surface area contributed by atoms with Crippen LogP contribution in [-0.4, -0.2) is 50.3 Å². The highest BCUT2D eigenvalue weighted by atomic mass is 79.9. The average molecular weight is 385 g/mol. The van der Waals surface area contributed by atoms with Gasteiger partial charge in [-0.05, 0) is 38.4 Å². The van der Waals surface area contributed by atoms with Crippen molar-refractivity contribution in [2.24, 2.45) is 10.7 Å². The third-order valence-electron chi connectivity index (χ3n) is 3.81. The fourth-order valence-electron chi connectivity index (χ4n) is 2.58. The van der Waals surface area contributed by atoms with E-state index in [-0.39, 0.29) is 23.1 Å². The molecule has 1 aromatic carbocycles. The molecule has 0 radical (unpaired) electrons. The molecule has 0 bridgehead atoms. The van der Waals surface area contributed by atoms with E-state index in [2.05, 4.69) is 46.5 Å². The molecule has 2 rings (SSSR count). The Hall–Kier alpha value is -1.11. The highest BCUT2D eigenvalue weighted by Crippen LogP contribution is 2.11. The van der Waals surface area contributed by atoms with Crippen LogP contribution >= 0.6 is 17.0 Å². The summed E-state index contributed by atoms with van der Waals surface area (Å²) in [6.45, 7) is 4.39. The lowest BCUT2D eigenvalue weighted by Gasteiger charge is -2.17. The van der Waals surface area contributed by atoms with Crippen LogP contribution in [0.2, 0.25) is 0 Å². The molecule has 130 valence electrons. The first-order valence-corrected chi connectivity index (χ1v) is 8.12. The first-order chi connectivity index (χ1) is 10.7. The van der Waals surface area contributed by atoms with Crippen molar-refractivity contribution >= 4 is 22.9 Å². The Balaban J connectivity index is 0.00000264. The van der Waals surface area contributed by atoms with Gasteiger partial charge in [-0.1, -0.05) is 30.3 Å². The highest BCUT2D eigenvalue weighted by molar-refractivity contribution is 8.93. The van der Waals surface area contributed by atoms with Gasteiger partial charge in [-0.15, -0.1) is 17.0 Å². The summed E-state index contributed by atoms with van der Waals surface area (Å²) >= 11 is 0. The molecular weight excluding hydrogens is 356 g/mol. The Morgan fingerprint density at radius 2 is 2.17 bits per heavy atom. The number of nitrogens with two attached hydrogens (primary N) is 1.